The molecule has 0 saturated heterocycles. The Morgan fingerprint density at radius 3 is 0.0192 bits per heavy atom. The first-order valence-electron chi connectivity index (χ1n) is 0. The van der Waals surface area contributed by atoms with Gasteiger partial charge < -0.3 is 0 Å². The van der Waals surface area contributed by atoms with Gasteiger partial charge in [0.2, 0.25) is 0 Å². The molecule has 0 spiro atoms. The summed E-state index contributed by atoms with van der Waals surface area (Å²) in [7, 11) is 0. The van der Waals surface area contributed by atoms with Crippen LogP contribution >= 0.6 is 0 Å². The minimum Gasteiger partial charge on any atom is 0 e. The van der Waals surface area contributed by atoms with Crippen molar-refractivity contribution < 1.29 is 1850 Å². The molecule has 52 radical (unpaired) electrons. The molecule has 0 aromatic rings. The van der Waals surface area contributed by atoms with E-state index in [0.717, 1.165) is 0 Å². The number of rotatable bonds is 0. The third-order valence-electron chi connectivity index (χ3n) is 0. The molecule has 0 heterocycles. The van der Waals surface area contributed by atoms with Crippen molar-refractivity contribution in [3.8, 4) is 0 Å². The van der Waals surface area contributed by atoms with Crippen molar-refractivity contribution in [3.05, 3.63) is 0 Å². The molecular formula is La52. The van der Waals surface area contributed by atoms with Gasteiger partial charge in [-0.25, -0.2) is 0 Å². The van der Waals surface area contributed by atoms with E-state index in [-0.39, 0.29) is 1850 Å². The van der Waals surface area contributed by atoms with Crippen LogP contribution in [-0.2, 0) is 0 Å². The summed E-state index contributed by atoms with van der Waals surface area (Å²) in [6.45, 7) is 0. The summed E-state index contributed by atoms with van der Waals surface area (Å²) >= 11 is 0. The molecule has 0 aromatic carbocycles. The van der Waals surface area contributed by atoms with Crippen LogP contribution in [0.5, 0.6) is 0 Å². The van der Waals surface area contributed by atoms with Gasteiger partial charge in [-0.15, -0.1) is 0 Å². The average Bonchev–Trinajstić information content (AvgIpc) is 0. The third kappa shape index (κ3) is 359. The molecule has 52 heteroatoms. The largest absolute Gasteiger partial charge is 0 e. The zero-order valence-electron chi connectivity index (χ0n) is 30.0. The Kier molecular flexibility index (Phi) is 2680. The molecule has 0 aliphatic rings. The second-order valence-electron chi connectivity index (χ2n) is 0. The Bertz CT molecular complexity index is 0. The second kappa shape index (κ2) is 368. The zero-order valence-corrected chi connectivity index (χ0v) is 219. The van der Waals surface area contributed by atoms with Gasteiger partial charge in [-0.2, -0.15) is 0 Å². The average molecular weight is 7220 g/mol. The Balaban J connectivity index is 0. The van der Waals surface area contributed by atoms with Crippen molar-refractivity contribution in [3.63, 3.8) is 0 Å². The molecule has 0 aliphatic heterocycles. The van der Waals surface area contributed by atoms with E-state index in [2.05, 4.69) is 0 Å². The van der Waals surface area contributed by atoms with Crippen molar-refractivity contribution in [1.82, 2.24) is 0 Å². The quantitative estimate of drug-likeness (QED) is 0.321. The van der Waals surface area contributed by atoms with Gasteiger partial charge in [0.15, 0.2) is 0 Å². The first-order chi connectivity index (χ1) is 0. The smallest absolute Gasteiger partial charge is 0 e. The van der Waals surface area contributed by atoms with Crippen LogP contribution in [0.25, 0.3) is 0 Å². The summed E-state index contributed by atoms with van der Waals surface area (Å²) in [5.74, 6) is 0. The molecule has 0 atom stereocenters. The van der Waals surface area contributed by atoms with Gasteiger partial charge in [-0.05, 0) is 0 Å². The summed E-state index contributed by atoms with van der Waals surface area (Å²) in [5, 5.41) is 0. The first-order valence-corrected chi connectivity index (χ1v) is 0. The summed E-state index contributed by atoms with van der Waals surface area (Å²) < 4.78 is 0. The van der Waals surface area contributed by atoms with Gasteiger partial charge >= 0.3 is 0 Å². The fourth-order valence-electron chi connectivity index (χ4n) is 0. The second-order valence-corrected chi connectivity index (χ2v) is 0. The summed E-state index contributed by atoms with van der Waals surface area (Å²) in [6, 6.07) is 0. The van der Waals surface area contributed by atoms with E-state index in [0.29, 0.717) is 0 Å². The van der Waals surface area contributed by atoms with Gasteiger partial charge in [0, 0.05) is 1850 Å². The Morgan fingerprint density at radius 1 is 0.0192 bits per heavy atom. The van der Waals surface area contributed by atoms with Crippen molar-refractivity contribution in [2.75, 3.05) is 0 Å². The SMILES string of the molecule is [La].[La].[La].[La].[La].[La].[La].[La].[La].[La].[La].[La].[La].[La].[La].[La].[La].[La].[La].[La].[La].[La].[La].[La].[La].[La].[La].[La].[La].[La].[La].[La].[La].[La].[La].[La].[La].[La].[La].[La].[La].[La].[La].[La].[La].[La].[La].[La].[La].[La].[La].[La]. The van der Waals surface area contributed by atoms with Crippen LogP contribution < -0.4 is 0 Å². The molecule has 0 nitrogen and oxygen atoms in total. The molecule has 52 heavy (non-hydrogen) atoms. The molecule has 0 saturated carbocycles. The van der Waals surface area contributed by atoms with Crippen molar-refractivity contribution >= 4 is 0 Å². The summed E-state index contributed by atoms with van der Waals surface area (Å²) in [4.78, 5) is 0. The molecule has 0 bridgehead atoms. The maximum absolute atomic E-state index is 0. The third-order valence-corrected chi connectivity index (χ3v) is 0. The minimum absolute atomic E-state index is 0. The van der Waals surface area contributed by atoms with Gasteiger partial charge in [-0.3, -0.25) is 0 Å². The van der Waals surface area contributed by atoms with Crippen molar-refractivity contribution in [2.24, 2.45) is 0 Å². The molecule has 0 amide bonds. The van der Waals surface area contributed by atoms with Crippen molar-refractivity contribution in [2.45, 2.75) is 0 Å². The topological polar surface area (TPSA) is 0 Å². The Hall–Kier alpha value is 62.1. The molecule has 0 aromatic heterocycles. The Labute approximate surface area is 1770 Å². The Morgan fingerprint density at radius 2 is 0.0192 bits per heavy atom. The monoisotopic (exact) mass is 7220 g/mol. The molecule has 0 rings (SSSR count). The minimum atomic E-state index is 0. The normalized spacial score (nSPS) is 0. The van der Waals surface area contributed by atoms with Gasteiger partial charge in [0.25, 0.3) is 0 Å². The van der Waals surface area contributed by atoms with E-state index < -0.39 is 0 Å². The van der Waals surface area contributed by atoms with E-state index in [9.17, 15) is 0 Å². The number of hydrogen-bond acceptors (Lipinski definition) is 0. The maximum Gasteiger partial charge on any atom is 0 e. The van der Waals surface area contributed by atoms with Crippen LogP contribution in [0.15, 0.2) is 0 Å². The van der Waals surface area contributed by atoms with Gasteiger partial charge in [0.1, 0.15) is 0 Å². The molecular weight excluding hydrogens is 7220 g/mol. The standard InChI is InChI=1S/52La. The van der Waals surface area contributed by atoms with Crippen molar-refractivity contribution in [1.29, 1.82) is 0 Å². The first kappa shape index (κ1) is 378. The van der Waals surface area contributed by atoms with Crippen LogP contribution in [0, 0.1) is 1850 Å². The summed E-state index contributed by atoms with van der Waals surface area (Å²) in [5.41, 5.74) is 0. The molecule has 0 unspecified atom stereocenters. The number of hydrogen-bond donors (Lipinski definition) is 0. The molecule has 0 aliphatic carbocycles. The van der Waals surface area contributed by atoms with Crippen LogP contribution in [0.3, 0.4) is 0 Å². The van der Waals surface area contributed by atoms with E-state index in [1.807, 2.05) is 0 Å². The van der Waals surface area contributed by atoms with Crippen LogP contribution in [-0.4, -0.2) is 0 Å². The van der Waals surface area contributed by atoms with Crippen LogP contribution in [0.2, 0.25) is 0 Å². The van der Waals surface area contributed by atoms with Crippen LogP contribution in [0.1, 0.15) is 0 Å². The van der Waals surface area contributed by atoms with Crippen LogP contribution in [0.4, 0.5) is 0 Å². The molecule has 0 fully saturated rings. The predicted octanol–water partition coefficient (Wildman–Crippen LogP) is 0. The molecule has 0 N–H and O–H groups in total. The fourth-order valence-corrected chi connectivity index (χ4v) is 0. The zero-order chi connectivity index (χ0) is 0. The van der Waals surface area contributed by atoms with Gasteiger partial charge in [0.05, 0.1) is 0 Å². The van der Waals surface area contributed by atoms with E-state index >= 15 is 0 Å². The van der Waals surface area contributed by atoms with Gasteiger partial charge in [-0.1, -0.05) is 0 Å². The fraction of sp³-hybridized carbons (Fsp3) is 0. The predicted molar refractivity (Wildman–Crippen MR) is 0 cm³/mol. The van der Waals surface area contributed by atoms with E-state index in [1.54, 1.807) is 0 Å². The van der Waals surface area contributed by atoms with E-state index in [4.69, 9.17) is 0 Å². The van der Waals surface area contributed by atoms with E-state index in [1.165, 1.54) is 0 Å². The molecule has 156 valence electrons. The summed E-state index contributed by atoms with van der Waals surface area (Å²) in [6.07, 6.45) is 0. The maximum atomic E-state index is 0.